The molecule has 0 saturated carbocycles. The minimum absolute atomic E-state index is 0.0797. The number of amides is 1. The smallest absolute Gasteiger partial charge is 0.238 e. The fraction of sp³-hybridized carbons (Fsp3) is 0.611. The van der Waals surface area contributed by atoms with Gasteiger partial charge in [0.15, 0.2) is 0 Å². The fourth-order valence-corrected chi connectivity index (χ4v) is 3.98. The van der Waals surface area contributed by atoms with Crippen LogP contribution >= 0.6 is 0 Å². The van der Waals surface area contributed by atoms with Gasteiger partial charge in [-0.3, -0.25) is 4.79 Å². The van der Waals surface area contributed by atoms with E-state index >= 15 is 0 Å². The molecule has 0 N–H and O–H groups in total. The largest absolute Gasteiger partial charge is 0.339 e. The number of carbonyl (C=O) groups excluding carboxylic acids is 1. The average Bonchev–Trinajstić information content (AvgIpc) is 2.55. The van der Waals surface area contributed by atoms with Crippen molar-refractivity contribution >= 4 is 15.9 Å². The van der Waals surface area contributed by atoms with Crippen LogP contribution in [0.3, 0.4) is 0 Å². The summed E-state index contributed by atoms with van der Waals surface area (Å²) in [6.45, 7) is 4.93. The Balaban J connectivity index is 2.14. The Morgan fingerprint density at radius 1 is 1.29 bits per heavy atom. The average molecular weight is 353 g/mol. The molecule has 2 rings (SSSR count). The van der Waals surface area contributed by atoms with Gasteiger partial charge in [0.2, 0.25) is 15.9 Å². The van der Waals surface area contributed by atoms with Gasteiger partial charge in [0, 0.05) is 19.1 Å². The van der Waals surface area contributed by atoms with Crippen LogP contribution in [0.2, 0.25) is 0 Å². The van der Waals surface area contributed by atoms with Crippen molar-refractivity contribution in [1.82, 2.24) is 9.21 Å². The molecular formula is C18H28N2O3S. The number of aryl methyl sites for hydroxylation is 1. The number of nitrogens with zero attached hydrogens (tertiary/aromatic N) is 2. The predicted molar refractivity (Wildman–Crippen MR) is 96.1 cm³/mol. The van der Waals surface area contributed by atoms with Gasteiger partial charge in [-0.25, -0.2) is 8.42 Å². The summed E-state index contributed by atoms with van der Waals surface area (Å²) in [4.78, 5) is 14.6. The molecule has 1 unspecified atom stereocenters. The van der Waals surface area contributed by atoms with Crippen molar-refractivity contribution in [1.29, 1.82) is 0 Å². The summed E-state index contributed by atoms with van der Waals surface area (Å²) in [5.74, 6) is -0.0828. The zero-order valence-electron chi connectivity index (χ0n) is 14.9. The van der Waals surface area contributed by atoms with E-state index in [0.29, 0.717) is 0 Å². The molecule has 1 atom stereocenters. The second kappa shape index (κ2) is 8.12. The Bertz CT molecular complexity index is 673. The normalized spacial score (nSPS) is 18.8. The molecular weight excluding hydrogens is 324 g/mol. The quantitative estimate of drug-likeness (QED) is 0.790. The standard InChI is InChI=1S/C18H28N2O3S/c1-4-17-11-7-8-12-20(17)18(21)14-19(24(3,22)23)13-16-10-6-5-9-15(16)2/h5-6,9-10,17H,4,7-8,11-14H2,1-3H3. The minimum Gasteiger partial charge on any atom is -0.339 e. The van der Waals surface area contributed by atoms with Crippen molar-refractivity contribution in [3.63, 3.8) is 0 Å². The monoisotopic (exact) mass is 352 g/mol. The molecule has 24 heavy (non-hydrogen) atoms. The molecule has 0 bridgehead atoms. The topological polar surface area (TPSA) is 57.7 Å². The van der Waals surface area contributed by atoms with E-state index in [1.165, 1.54) is 10.6 Å². The summed E-state index contributed by atoms with van der Waals surface area (Å²) < 4.78 is 25.6. The molecule has 0 radical (unpaired) electrons. The van der Waals surface area contributed by atoms with E-state index in [9.17, 15) is 13.2 Å². The maximum absolute atomic E-state index is 12.7. The first-order valence-electron chi connectivity index (χ1n) is 8.62. The highest BCUT2D eigenvalue weighted by atomic mass is 32.2. The summed E-state index contributed by atoms with van der Waals surface area (Å²) in [7, 11) is -3.45. The molecule has 1 amide bonds. The number of sulfonamides is 1. The predicted octanol–water partition coefficient (Wildman–Crippen LogP) is 2.55. The Kier molecular flexibility index (Phi) is 6.40. The summed E-state index contributed by atoms with van der Waals surface area (Å²) in [5.41, 5.74) is 1.96. The Labute approximate surface area is 145 Å². The van der Waals surface area contributed by atoms with Crippen LogP contribution in [0.25, 0.3) is 0 Å². The third-order valence-electron chi connectivity index (χ3n) is 4.81. The zero-order valence-corrected chi connectivity index (χ0v) is 15.7. The van der Waals surface area contributed by atoms with E-state index in [1.54, 1.807) is 0 Å². The van der Waals surface area contributed by atoms with E-state index in [0.717, 1.165) is 43.4 Å². The van der Waals surface area contributed by atoms with Gasteiger partial charge in [-0.1, -0.05) is 31.2 Å². The number of hydrogen-bond donors (Lipinski definition) is 0. The maximum atomic E-state index is 12.7. The van der Waals surface area contributed by atoms with Gasteiger partial charge in [0.25, 0.3) is 0 Å². The molecule has 6 heteroatoms. The van der Waals surface area contributed by atoms with Crippen LogP contribution in [0.1, 0.15) is 43.7 Å². The summed E-state index contributed by atoms with van der Waals surface area (Å²) >= 11 is 0. The third-order valence-corrected chi connectivity index (χ3v) is 6.00. The second-order valence-corrected chi connectivity index (χ2v) is 8.58. The fourth-order valence-electron chi connectivity index (χ4n) is 3.26. The van der Waals surface area contributed by atoms with Crippen molar-refractivity contribution in [2.45, 2.75) is 52.1 Å². The first kappa shape index (κ1) is 18.9. The van der Waals surface area contributed by atoms with Crippen molar-refractivity contribution in [3.05, 3.63) is 35.4 Å². The van der Waals surface area contributed by atoms with Crippen LogP contribution in [0.15, 0.2) is 24.3 Å². The first-order valence-corrected chi connectivity index (χ1v) is 10.5. The van der Waals surface area contributed by atoms with Crippen molar-refractivity contribution in [2.75, 3.05) is 19.3 Å². The molecule has 0 spiro atoms. The second-order valence-electron chi connectivity index (χ2n) is 6.60. The highest BCUT2D eigenvalue weighted by molar-refractivity contribution is 7.88. The minimum atomic E-state index is -3.45. The number of carbonyl (C=O) groups is 1. The van der Waals surface area contributed by atoms with Gasteiger partial charge < -0.3 is 4.90 Å². The van der Waals surface area contributed by atoms with Gasteiger partial charge in [-0.15, -0.1) is 0 Å². The first-order chi connectivity index (χ1) is 11.3. The van der Waals surface area contributed by atoms with Gasteiger partial charge in [0.1, 0.15) is 0 Å². The van der Waals surface area contributed by atoms with Crippen molar-refractivity contribution < 1.29 is 13.2 Å². The lowest BCUT2D eigenvalue weighted by molar-refractivity contribution is -0.135. The Hall–Kier alpha value is -1.40. The molecule has 1 aromatic carbocycles. The van der Waals surface area contributed by atoms with Gasteiger partial charge in [-0.2, -0.15) is 4.31 Å². The van der Waals surface area contributed by atoms with E-state index in [4.69, 9.17) is 0 Å². The molecule has 1 aliphatic rings. The molecule has 1 aromatic rings. The number of benzene rings is 1. The lowest BCUT2D eigenvalue weighted by Gasteiger charge is -2.36. The van der Waals surface area contributed by atoms with E-state index in [1.807, 2.05) is 36.1 Å². The SMILES string of the molecule is CCC1CCCCN1C(=O)CN(Cc1ccccc1C)S(C)(=O)=O. The van der Waals surface area contributed by atoms with E-state index in [2.05, 4.69) is 6.92 Å². The maximum Gasteiger partial charge on any atom is 0.238 e. The van der Waals surface area contributed by atoms with Crippen molar-refractivity contribution in [3.8, 4) is 0 Å². The van der Waals surface area contributed by atoms with Gasteiger partial charge >= 0.3 is 0 Å². The highest BCUT2D eigenvalue weighted by Gasteiger charge is 2.29. The molecule has 1 saturated heterocycles. The van der Waals surface area contributed by atoms with Crippen molar-refractivity contribution in [2.24, 2.45) is 0 Å². The van der Waals surface area contributed by atoms with Gasteiger partial charge in [0.05, 0.1) is 12.8 Å². The summed E-state index contributed by atoms with van der Waals surface area (Å²) in [6, 6.07) is 7.92. The van der Waals surface area contributed by atoms with Crippen LogP contribution in [0.4, 0.5) is 0 Å². The van der Waals surface area contributed by atoms with Crippen LogP contribution in [0, 0.1) is 6.92 Å². The van der Waals surface area contributed by atoms with Crippen LogP contribution in [0.5, 0.6) is 0 Å². The third kappa shape index (κ3) is 4.80. The van der Waals surface area contributed by atoms with Crippen LogP contribution < -0.4 is 0 Å². The molecule has 1 heterocycles. The van der Waals surface area contributed by atoms with E-state index < -0.39 is 10.0 Å². The zero-order chi connectivity index (χ0) is 17.7. The Morgan fingerprint density at radius 3 is 2.62 bits per heavy atom. The Morgan fingerprint density at radius 2 is 2.00 bits per heavy atom. The molecule has 1 aliphatic heterocycles. The lowest BCUT2D eigenvalue weighted by Crippen LogP contribution is -2.48. The summed E-state index contributed by atoms with van der Waals surface area (Å²) in [6.07, 6.45) is 5.24. The van der Waals surface area contributed by atoms with E-state index in [-0.39, 0.29) is 25.0 Å². The molecule has 1 fully saturated rings. The summed E-state index contributed by atoms with van der Waals surface area (Å²) in [5, 5.41) is 0. The van der Waals surface area contributed by atoms with Crippen LogP contribution in [-0.4, -0.2) is 48.9 Å². The molecule has 5 nitrogen and oxygen atoms in total. The molecule has 0 aliphatic carbocycles. The molecule has 134 valence electrons. The van der Waals surface area contributed by atoms with Crippen LogP contribution in [-0.2, 0) is 21.4 Å². The molecule has 0 aromatic heterocycles. The number of hydrogen-bond acceptors (Lipinski definition) is 3. The van der Waals surface area contributed by atoms with Gasteiger partial charge in [-0.05, 0) is 43.7 Å². The highest BCUT2D eigenvalue weighted by Crippen LogP contribution is 2.20. The lowest BCUT2D eigenvalue weighted by atomic mass is 10.00. The number of piperidine rings is 1. The number of likely N-dealkylation sites (tertiary alicyclic amines) is 1. The number of rotatable bonds is 6.